The van der Waals surface area contributed by atoms with E-state index >= 15 is 0 Å². The zero-order valence-corrected chi connectivity index (χ0v) is 16.5. The molecule has 1 fully saturated rings. The first kappa shape index (κ1) is 19.4. The number of rotatable bonds is 6. The standard InChI is InChI=1S/C25H26N2O2/c1-24(23(28)29)22(21-15-9-4-10-16-21)26-25(27-24,17-19-11-5-2-6-12-19)18-20-13-7-3-8-14-20/h2-16,22,26-27H,17-18H2,1H3,(H,28,29). The van der Waals surface area contributed by atoms with Gasteiger partial charge in [0.05, 0.1) is 11.7 Å². The van der Waals surface area contributed by atoms with Crippen molar-refractivity contribution in [1.29, 1.82) is 0 Å². The summed E-state index contributed by atoms with van der Waals surface area (Å²) in [5.41, 5.74) is 1.56. The van der Waals surface area contributed by atoms with Crippen LogP contribution in [-0.4, -0.2) is 22.3 Å². The SMILES string of the molecule is CC1(C(=O)O)NC(Cc2ccccc2)(Cc2ccccc2)NC1c1ccccc1. The number of hydrogen-bond donors (Lipinski definition) is 3. The first-order valence-corrected chi connectivity index (χ1v) is 9.94. The van der Waals surface area contributed by atoms with Crippen LogP contribution in [0.2, 0.25) is 0 Å². The smallest absolute Gasteiger partial charge is 0.325 e. The predicted octanol–water partition coefficient (Wildman–Crippen LogP) is 3.95. The van der Waals surface area contributed by atoms with E-state index in [1.807, 2.05) is 66.7 Å². The van der Waals surface area contributed by atoms with Gasteiger partial charge in [0.1, 0.15) is 5.54 Å². The molecule has 0 aliphatic carbocycles. The molecule has 1 aliphatic rings. The van der Waals surface area contributed by atoms with Crippen molar-refractivity contribution in [2.45, 2.75) is 37.0 Å². The van der Waals surface area contributed by atoms with Crippen LogP contribution >= 0.6 is 0 Å². The summed E-state index contributed by atoms with van der Waals surface area (Å²) in [6.45, 7) is 1.78. The molecule has 29 heavy (non-hydrogen) atoms. The third kappa shape index (κ3) is 3.95. The number of hydrogen-bond acceptors (Lipinski definition) is 3. The van der Waals surface area contributed by atoms with E-state index < -0.39 is 17.2 Å². The highest BCUT2D eigenvalue weighted by Gasteiger charge is 2.55. The van der Waals surface area contributed by atoms with Gasteiger partial charge in [0.2, 0.25) is 0 Å². The average Bonchev–Trinajstić information content (AvgIpc) is 3.03. The van der Waals surface area contributed by atoms with E-state index in [0.29, 0.717) is 12.8 Å². The molecule has 1 saturated heterocycles. The Bertz CT molecular complexity index is 918. The number of carboxylic acids is 1. The van der Waals surface area contributed by atoms with Crippen LogP contribution < -0.4 is 10.6 Å². The van der Waals surface area contributed by atoms with Crippen molar-refractivity contribution in [2.24, 2.45) is 0 Å². The molecular weight excluding hydrogens is 360 g/mol. The molecule has 1 heterocycles. The van der Waals surface area contributed by atoms with Crippen molar-refractivity contribution in [3.8, 4) is 0 Å². The molecule has 3 aromatic carbocycles. The molecule has 0 amide bonds. The molecule has 0 saturated carbocycles. The zero-order chi connectivity index (χ0) is 20.3. The summed E-state index contributed by atoms with van der Waals surface area (Å²) in [7, 11) is 0. The molecule has 1 aliphatic heterocycles. The van der Waals surface area contributed by atoms with Gasteiger partial charge in [0.25, 0.3) is 0 Å². The third-order valence-electron chi connectivity index (χ3n) is 5.77. The first-order chi connectivity index (χ1) is 14.0. The van der Waals surface area contributed by atoms with Crippen LogP contribution in [0.1, 0.15) is 29.7 Å². The molecule has 4 rings (SSSR count). The van der Waals surface area contributed by atoms with Gasteiger partial charge in [-0.05, 0) is 23.6 Å². The van der Waals surface area contributed by atoms with Gasteiger partial charge in [-0.15, -0.1) is 0 Å². The highest BCUT2D eigenvalue weighted by atomic mass is 16.4. The molecule has 4 nitrogen and oxygen atoms in total. The van der Waals surface area contributed by atoms with E-state index in [1.165, 1.54) is 0 Å². The molecule has 2 atom stereocenters. The Balaban J connectivity index is 1.76. The Labute approximate surface area is 171 Å². The van der Waals surface area contributed by atoms with Gasteiger partial charge in [-0.2, -0.15) is 0 Å². The minimum atomic E-state index is -1.13. The van der Waals surface area contributed by atoms with Gasteiger partial charge in [-0.1, -0.05) is 91.0 Å². The van der Waals surface area contributed by atoms with Crippen molar-refractivity contribution in [1.82, 2.24) is 10.6 Å². The van der Waals surface area contributed by atoms with E-state index in [9.17, 15) is 9.90 Å². The second-order valence-corrected chi connectivity index (χ2v) is 8.03. The molecule has 0 aromatic heterocycles. The molecule has 3 aromatic rings. The van der Waals surface area contributed by atoms with E-state index in [-0.39, 0.29) is 6.04 Å². The zero-order valence-electron chi connectivity index (χ0n) is 16.5. The topological polar surface area (TPSA) is 61.4 Å². The molecule has 3 N–H and O–H groups in total. The van der Waals surface area contributed by atoms with Crippen molar-refractivity contribution in [3.05, 3.63) is 108 Å². The minimum Gasteiger partial charge on any atom is -0.480 e. The fraction of sp³-hybridized carbons (Fsp3) is 0.240. The summed E-state index contributed by atoms with van der Waals surface area (Å²) in [6.07, 6.45) is 1.35. The van der Waals surface area contributed by atoms with E-state index in [0.717, 1.165) is 16.7 Å². The first-order valence-electron chi connectivity index (χ1n) is 9.94. The Hall–Kier alpha value is -2.95. The highest BCUT2D eigenvalue weighted by molar-refractivity contribution is 5.80. The Morgan fingerprint density at radius 2 is 1.28 bits per heavy atom. The fourth-order valence-corrected chi connectivity index (χ4v) is 4.41. The second kappa shape index (κ2) is 7.82. The summed E-state index contributed by atoms with van der Waals surface area (Å²) in [5, 5.41) is 17.4. The summed E-state index contributed by atoms with van der Waals surface area (Å²) < 4.78 is 0. The van der Waals surface area contributed by atoms with Crippen LogP contribution in [0.25, 0.3) is 0 Å². The monoisotopic (exact) mass is 386 g/mol. The maximum absolute atomic E-state index is 12.4. The molecular formula is C25H26N2O2. The number of carboxylic acid groups (broad SMARTS) is 1. The van der Waals surface area contributed by atoms with E-state index in [4.69, 9.17) is 0 Å². The fourth-order valence-electron chi connectivity index (χ4n) is 4.41. The average molecular weight is 386 g/mol. The van der Waals surface area contributed by atoms with Crippen LogP contribution in [0.3, 0.4) is 0 Å². The van der Waals surface area contributed by atoms with E-state index in [2.05, 4.69) is 34.9 Å². The van der Waals surface area contributed by atoms with Crippen LogP contribution in [0.15, 0.2) is 91.0 Å². The van der Waals surface area contributed by atoms with Crippen molar-refractivity contribution in [2.75, 3.05) is 0 Å². The van der Waals surface area contributed by atoms with Gasteiger partial charge in [-0.25, -0.2) is 0 Å². The molecule has 0 radical (unpaired) electrons. The molecule has 2 unspecified atom stereocenters. The maximum atomic E-state index is 12.4. The predicted molar refractivity (Wildman–Crippen MR) is 115 cm³/mol. The quantitative estimate of drug-likeness (QED) is 0.600. The van der Waals surface area contributed by atoms with Gasteiger partial charge in [0.15, 0.2) is 0 Å². The Morgan fingerprint density at radius 1 is 0.828 bits per heavy atom. The van der Waals surface area contributed by atoms with Crippen LogP contribution in [-0.2, 0) is 17.6 Å². The van der Waals surface area contributed by atoms with Gasteiger partial charge in [-0.3, -0.25) is 15.4 Å². The Kier molecular flexibility index (Phi) is 5.22. The maximum Gasteiger partial charge on any atom is 0.325 e. The van der Waals surface area contributed by atoms with Gasteiger partial charge < -0.3 is 5.11 Å². The Morgan fingerprint density at radius 3 is 1.72 bits per heavy atom. The van der Waals surface area contributed by atoms with E-state index in [1.54, 1.807) is 6.92 Å². The van der Waals surface area contributed by atoms with Gasteiger partial charge >= 0.3 is 5.97 Å². The lowest BCUT2D eigenvalue weighted by molar-refractivity contribution is -0.144. The molecule has 0 spiro atoms. The molecule has 0 bridgehead atoms. The molecule has 4 heteroatoms. The lowest BCUT2D eigenvalue weighted by Crippen LogP contribution is -2.58. The normalized spacial score (nSPS) is 23.0. The summed E-state index contributed by atoms with van der Waals surface area (Å²) in [4.78, 5) is 12.4. The van der Waals surface area contributed by atoms with Crippen molar-refractivity contribution < 1.29 is 9.90 Å². The lowest BCUT2D eigenvalue weighted by Gasteiger charge is -2.32. The largest absolute Gasteiger partial charge is 0.480 e. The van der Waals surface area contributed by atoms with Crippen LogP contribution in [0.4, 0.5) is 0 Å². The molecule has 148 valence electrons. The van der Waals surface area contributed by atoms with Crippen molar-refractivity contribution >= 4 is 5.97 Å². The second-order valence-electron chi connectivity index (χ2n) is 8.03. The summed E-state index contributed by atoms with van der Waals surface area (Å²) >= 11 is 0. The minimum absolute atomic E-state index is 0.353. The summed E-state index contributed by atoms with van der Waals surface area (Å²) in [6, 6.07) is 29.9. The number of carbonyl (C=O) groups is 1. The summed E-state index contributed by atoms with van der Waals surface area (Å²) in [5.74, 6) is -0.859. The van der Waals surface area contributed by atoms with Crippen molar-refractivity contribution in [3.63, 3.8) is 0 Å². The van der Waals surface area contributed by atoms with Crippen LogP contribution in [0.5, 0.6) is 0 Å². The number of aliphatic carboxylic acids is 1. The number of benzene rings is 3. The lowest BCUT2D eigenvalue weighted by atomic mass is 9.88. The number of nitrogens with one attached hydrogen (secondary N) is 2. The third-order valence-corrected chi connectivity index (χ3v) is 5.77. The van der Waals surface area contributed by atoms with Crippen LogP contribution in [0, 0.1) is 0 Å². The highest BCUT2D eigenvalue weighted by Crippen LogP contribution is 2.38. The van der Waals surface area contributed by atoms with Gasteiger partial charge in [0, 0.05) is 12.8 Å².